The fourth-order valence-corrected chi connectivity index (χ4v) is 4.60. The topological polar surface area (TPSA) is 101 Å². The number of fused-ring (bicyclic) bond motifs is 2. The van der Waals surface area contributed by atoms with Gasteiger partial charge in [-0.05, 0) is 55.5 Å². The van der Waals surface area contributed by atoms with E-state index >= 15 is 0 Å². The number of hydrogen-bond acceptors (Lipinski definition) is 6. The molecule has 0 spiro atoms. The number of ether oxygens (including phenoxy) is 1. The standard InChI is InChI=1S/C29H17F2N5O3/c1-16(22-12-18(15-32)23(31)14-25(22)35-10-4-9-33-35)39-26-13-17-11-19(30)7-8-24(17)34-27(26)36-28(37)20-5-2-3-6-21(20)29(36)38/h2-14,16H,1H3. The Kier molecular flexibility index (Phi) is 5.61. The number of rotatable bonds is 5. The molecule has 39 heavy (non-hydrogen) atoms. The van der Waals surface area contributed by atoms with Crippen molar-refractivity contribution in [1.82, 2.24) is 14.8 Å². The van der Waals surface area contributed by atoms with Crippen molar-refractivity contribution in [2.75, 3.05) is 4.90 Å². The highest BCUT2D eigenvalue weighted by Gasteiger charge is 2.39. The van der Waals surface area contributed by atoms with Crippen LogP contribution in [-0.2, 0) is 0 Å². The highest BCUT2D eigenvalue weighted by atomic mass is 19.1. The molecule has 2 amide bonds. The molecule has 3 aromatic carbocycles. The SMILES string of the molecule is CC(Oc1cc2cc(F)ccc2nc1N1C(=O)c2ccccc2C1=O)c1cc(C#N)c(F)cc1-n1cccn1. The van der Waals surface area contributed by atoms with E-state index in [4.69, 9.17) is 4.74 Å². The molecule has 0 radical (unpaired) electrons. The highest BCUT2D eigenvalue weighted by Crippen LogP contribution is 2.39. The number of pyridine rings is 1. The lowest BCUT2D eigenvalue weighted by Crippen LogP contribution is -2.31. The summed E-state index contributed by atoms with van der Waals surface area (Å²) in [5.41, 5.74) is 1.32. The summed E-state index contributed by atoms with van der Waals surface area (Å²) in [5, 5.41) is 14.0. The van der Waals surface area contributed by atoms with Crippen LogP contribution in [0.5, 0.6) is 5.75 Å². The monoisotopic (exact) mass is 521 g/mol. The number of benzene rings is 3. The molecule has 6 rings (SSSR count). The number of aromatic nitrogens is 3. The molecule has 10 heteroatoms. The Hall–Kier alpha value is -5.43. The molecule has 5 aromatic rings. The third-order valence-corrected chi connectivity index (χ3v) is 6.46. The van der Waals surface area contributed by atoms with E-state index in [-0.39, 0.29) is 28.3 Å². The molecular weight excluding hydrogens is 504 g/mol. The smallest absolute Gasteiger partial charge is 0.267 e. The van der Waals surface area contributed by atoms with Crippen molar-refractivity contribution in [3.05, 3.63) is 113 Å². The Morgan fingerprint density at radius 2 is 1.72 bits per heavy atom. The Balaban J connectivity index is 1.50. The predicted octanol–water partition coefficient (Wildman–Crippen LogP) is 5.51. The average molecular weight is 521 g/mol. The van der Waals surface area contributed by atoms with Gasteiger partial charge < -0.3 is 4.74 Å². The van der Waals surface area contributed by atoms with Crippen molar-refractivity contribution >= 4 is 28.5 Å². The lowest BCUT2D eigenvalue weighted by Gasteiger charge is -2.23. The zero-order valence-corrected chi connectivity index (χ0v) is 20.3. The number of hydrogen-bond donors (Lipinski definition) is 0. The Morgan fingerprint density at radius 3 is 2.38 bits per heavy atom. The van der Waals surface area contributed by atoms with E-state index < -0.39 is 29.6 Å². The second-order valence-corrected chi connectivity index (χ2v) is 8.85. The van der Waals surface area contributed by atoms with E-state index in [9.17, 15) is 23.6 Å². The summed E-state index contributed by atoms with van der Waals surface area (Å²) in [6.07, 6.45) is 2.29. The first kappa shape index (κ1) is 23.9. The van der Waals surface area contributed by atoms with Crippen LogP contribution >= 0.6 is 0 Å². The summed E-state index contributed by atoms with van der Waals surface area (Å²) >= 11 is 0. The molecule has 2 aromatic heterocycles. The third-order valence-electron chi connectivity index (χ3n) is 6.46. The van der Waals surface area contributed by atoms with E-state index in [1.54, 1.807) is 43.5 Å². The number of carbonyl (C=O) groups excluding carboxylic acids is 2. The molecule has 190 valence electrons. The quantitative estimate of drug-likeness (QED) is 0.283. The van der Waals surface area contributed by atoms with Crippen molar-refractivity contribution in [1.29, 1.82) is 5.26 Å². The van der Waals surface area contributed by atoms with Gasteiger partial charge in [-0.1, -0.05) is 12.1 Å². The number of halogens is 2. The van der Waals surface area contributed by atoms with Crippen LogP contribution in [0.2, 0.25) is 0 Å². The number of nitriles is 1. The number of imide groups is 1. The molecule has 0 bridgehead atoms. The number of carbonyl (C=O) groups is 2. The van der Waals surface area contributed by atoms with Gasteiger partial charge in [0.25, 0.3) is 11.8 Å². The molecule has 1 unspecified atom stereocenters. The number of amides is 2. The maximum absolute atomic E-state index is 14.6. The molecule has 1 aliphatic heterocycles. The minimum atomic E-state index is -0.848. The molecule has 0 N–H and O–H groups in total. The van der Waals surface area contributed by atoms with Gasteiger partial charge in [0.1, 0.15) is 23.8 Å². The molecule has 0 saturated heterocycles. The summed E-state index contributed by atoms with van der Waals surface area (Å²) in [5.74, 6) is -2.44. The first-order chi connectivity index (χ1) is 18.9. The summed E-state index contributed by atoms with van der Waals surface area (Å²) in [6, 6.07) is 17.8. The summed E-state index contributed by atoms with van der Waals surface area (Å²) in [7, 11) is 0. The van der Waals surface area contributed by atoms with Gasteiger partial charge in [-0.2, -0.15) is 10.4 Å². The third kappa shape index (κ3) is 3.97. The lowest BCUT2D eigenvalue weighted by atomic mass is 10.0. The van der Waals surface area contributed by atoms with Crippen molar-refractivity contribution < 1.29 is 23.1 Å². The van der Waals surface area contributed by atoms with Crippen LogP contribution in [0.1, 0.15) is 44.9 Å². The molecule has 0 fully saturated rings. The predicted molar refractivity (Wildman–Crippen MR) is 137 cm³/mol. The molecule has 3 heterocycles. The minimum Gasteiger partial charge on any atom is -0.482 e. The molecule has 1 aliphatic rings. The first-order valence-corrected chi connectivity index (χ1v) is 11.8. The van der Waals surface area contributed by atoms with E-state index in [0.29, 0.717) is 22.2 Å². The highest BCUT2D eigenvalue weighted by molar-refractivity contribution is 6.34. The van der Waals surface area contributed by atoms with Crippen LogP contribution in [0.25, 0.3) is 16.6 Å². The van der Waals surface area contributed by atoms with Crippen molar-refractivity contribution in [2.45, 2.75) is 13.0 Å². The van der Waals surface area contributed by atoms with Gasteiger partial charge in [-0.25, -0.2) is 23.3 Å². The zero-order valence-electron chi connectivity index (χ0n) is 20.3. The minimum absolute atomic E-state index is 0.0179. The molecule has 0 saturated carbocycles. The van der Waals surface area contributed by atoms with Crippen molar-refractivity contribution in [3.63, 3.8) is 0 Å². The van der Waals surface area contributed by atoms with Crippen LogP contribution in [0.3, 0.4) is 0 Å². The average Bonchev–Trinajstić information content (AvgIpc) is 3.55. The van der Waals surface area contributed by atoms with Gasteiger partial charge in [0.15, 0.2) is 11.6 Å². The molecule has 0 aliphatic carbocycles. The van der Waals surface area contributed by atoms with Gasteiger partial charge in [0, 0.05) is 29.4 Å². The second-order valence-electron chi connectivity index (χ2n) is 8.85. The van der Waals surface area contributed by atoms with Crippen LogP contribution in [0, 0.1) is 23.0 Å². The Bertz CT molecular complexity index is 1810. The molecular formula is C29H17F2N5O3. The number of anilines is 1. The largest absolute Gasteiger partial charge is 0.482 e. The van der Waals surface area contributed by atoms with E-state index in [0.717, 1.165) is 4.90 Å². The summed E-state index contributed by atoms with van der Waals surface area (Å²) < 4.78 is 36.3. The van der Waals surface area contributed by atoms with E-state index in [1.807, 2.05) is 6.07 Å². The van der Waals surface area contributed by atoms with Gasteiger partial charge in [-0.15, -0.1) is 0 Å². The maximum Gasteiger partial charge on any atom is 0.267 e. The fraction of sp³-hybridized carbons (Fsp3) is 0.0690. The second kappa shape index (κ2) is 9.15. The van der Waals surface area contributed by atoms with Crippen LogP contribution in [0.4, 0.5) is 14.6 Å². The summed E-state index contributed by atoms with van der Waals surface area (Å²) in [6.45, 7) is 1.66. The van der Waals surface area contributed by atoms with Gasteiger partial charge in [-0.3, -0.25) is 9.59 Å². The molecule has 8 nitrogen and oxygen atoms in total. The Morgan fingerprint density at radius 1 is 0.974 bits per heavy atom. The fourth-order valence-electron chi connectivity index (χ4n) is 4.60. The van der Waals surface area contributed by atoms with Gasteiger partial charge in [0.05, 0.1) is 27.9 Å². The van der Waals surface area contributed by atoms with Crippen LogP contribution in [-0.4, -0.2) is 26.6 Å². The van der Waals surface area contributed by atoms with Crippen molar-refractivity contribution in [3.8, 4) is 17.5 Å². The lowest BCUT2D eigenvalue weighted by molar-refractivity contribution is 0.0922. The van der Waals surface area contributed by atoms with E-state index in [1.165, 1.54) is 47.3 Å². The first-order valence-electron chi connectivity index (χ1n) is 11.8. The molecule has 1 atom stereocenters. The summed E-state index contributed by atoms with van der Waals surface area (Å²) in [4.78, 5) is 32.0. The van der Waals surface area contributed by atoms with Gasteiger partial charge in [0.2, 0.25) is 0 Å². The van der Waals surface area contributed by atoms with Crippen LogP contribution in [0.15, 0.2) is 79.1 Å². The van der Waals surface area contributed by atoms with Gasteiger partial charge >= 0.3 is 0 Å². The maximum atomic E-state index is 14.6. The normalized spacial score (nSPS) is 13.4. The Labute approximate surface area is 220 Å². The van der Waals surface area contributed by atoms with Crippen LogP contribution < -0.4 is 9.64 Å². The van der Waals surface area contributed by atoms with Crippen molar-refractivity contribution in [2.24, 2.45) is 0 Å². The number of nitrogens with zero attached hydrogens (tertiary/aromatic N) is 5. The van der Waals surface area contributed by atoms with E-state index in [2.05, 4.69) is 10.1 Å². The zero-order chi connectivity index (χ0) is 27.3.